The second-order valence-corrected chi connectivity index (χ2v) is 26.6. The number of benzene rings is 4. The molecule has 16 nitrogen and oxygen atoms in total. The van der Waals surface area contributed by atoms with Crippen molar-refractivity contribution in [1.29, 1.82) is 0 Å². The quantitative estimate of drug-likeness (QED) is 0.0388. The lowest BCUT2D eigenvalue weighted by molar-refractivity contribution is -0.344. The van der Waals surface area contributed by atoms with Crippen LogP contribution in [0.4, 0.5) is 4.79 Å². The third-order valence-corrected chi connectivity index (χ3v) is 21.8. The SMILES string of the molecule is CC[Si](CC)(CC)O[C@H]1C[C@H]2OC[C@@]2(OC(C)=O)[C@H]2[C@H](OC(=O)c3ccccc3)[C@]3(O)C[C@H](OC(=O)[C@H](OCc4ccccc4)[C@@H](NC(=O)OCc4ccccc4)c4ccccc4)C(C)=C([C@@H](OC(C)=O)C(=O)[C@]12C)C3(C)C. The highest BCUT2D eigenvalue weighted by molar-refractivity contribution is 6.73. The van der Waals surface area contributed by atoms with Gasteiger partial charge in [0.15, 0.2) is 31.9 Å². The Labute approximate surface area is 457 Å². The average molecular weight is 1090 g/mol. The third-order valence-electron chi connectivity index (χ3n) is 17.2. The van der Waals surface area contributed by atoms with Crippen molar-refractivity contribution < 1.29 is 71.5 Å². The summed E-state index contributed by atoms with van der Waals surface area (Å²) in [4.78, 5) is 88.0. The fraction of sp³-hybridized carbons (Fsp3) is 0.475. The lowest BCUT2D eigenvalue weighted by atomic mass is 9.44. The summed E-state index contributed by atoms with van der Waals surface area (Å²) < 4.78 is 52.0. The first-order valence-corrected chi connectivity index (χ1v) is 29.5. The molecule has 8 rings (SSSR count). The van der Waals surface area contributed by atoms with Gasteiger partial charge in [0, 0.05) is 32.1 Å². The number of alkyl carbamates (subject to hydrolysis) is 1. The van der Waals surface area contributed by atoms with E-state index in [1.807, 2.05) is 48.5 Å². The molecule has 0 spiro atoms. The van der Waals surface area contributed by atoms with Gasteiger partial charge in [0.25, 0.3) is 0 Å². The smallest absolute Gasteiger partial charge is 0.408 e. The van der Waals surface area contributed by atoms with Crippen molar-refractivity contribution in [2.75, 3.05) is 6.61 Å². The van der Waals surface area contributed by atoms with E-state index in [1.54, 1.807) is 100 Å². The monoisotopic (exact) mass is 1090 g/mol. The maximum absolute atomic E-state index is 16.6. The van der Waals surface area contributed by atoms with Gasteiger partial charge in [-0.15, -0.1) is 0 Å². The van der Waals surface area contributed by atoms with Gasteiger partial charge in [0.1, 0.15) is 30.5 Å². The van der Waals surface area contributed by atoms with E-state index in [2.05, 4.69) is 26.1 Å². The zero-order chi connectivity index (χ0) is 56.2. The number of hydrogen-bond donors (Lipinski definition) is 2. The number of aliphatic hydroxyl groups is 1. The average Bonchev–Trinajstić information content (AvgIpc) is 2.92. The molecule has 78 heavy (non-hydrogen) atoms. The Morgan fingerprint density at radius 2 is 1.32 bits per heavy atom. The van der Waals surface area contributed by atoms with E-state index >= 15 is 9.59 Å². The molecule has 1 aliphatic heterocycles. The van der Waals surface area contributed by atoms with Crippen LogP contribution in [0.25, 0.3) is 0 Å². The first-order valence-electron chi connectivity index (χ1n) is 27.0. The Morgan fingerprint density at radius 1 is 0.756 bits per heavy atom. The standard InChI is InChI=1S/C61H73NO15Si/c1-10-78(11-2,12-3)77-46-33-47-60(37-72-47,76-40(6)64)52-54(75-55(66)44-31-23-16-24-32-44)61(69)34-45(38(4)48(58(61,7)8)50(73-39(5)63)53(65)59(46,52)9)74-56(67)51(70-35-41-25-17-13-18-26-41)49(43-29-21-15-22-30-43)62-57(68)71-36-42-27-19-14-20-28-42/h13-32,45-47,49-52,54,69H,10-12,33-37H2,1-9H3,(H,62,68)/t45-,46-,47+,49-,50+,51+,52-,54-,59+,60-,61+/m0/s1. The molecule has 0 radical (unpaired) electrons. The van der Waals surface area contributed by atoms with Crippen molar-refractivity contribution in [2.24, 2.45) is 16.7 Å². The van der Waals surface area contributed by atoms with Gasteiger partial charge in [-0.1, -0.05) is 144 Å². The fourth-order valence-corrected chi connectivity index (χ4v) is 15.6. The highest BCUT2D eigenvalue weighted by atomic mass is 28.4. The van der Waals surface area contributed by atoms with Gasteiger partial charge in [-0.3, -0.25) is 14.4 Å². The molecule has 1 heterocycles. The number of ether oxygens (including phenoxy) is 7. The van der Waals surface area contributed by atoms with Crippen LogP contribution in [0.1, 0.15) is 108 Å². The largest absolute Gasteiger partial charge is 0.456 e. The van der Waals surface area contributed by atoms with Crippen LogP contribution in [0.5, 0.6) is 0 Å². The number of esters is 4. The third kappa shape index (κ3) is 11.0. The molecule has 1 saturated heterocycles. The van der Waals surface area contributed by atoms with E-state index in [0.29, 0.717) is 29.3 Å². The summed E-state index contributed by atoms with van der Waals surface area (Å²) in [5.74, 6) is -5.47. The summed E-state index contributed by atoms with van der Waals surface area (Å²) in [5, 5.41) is 17.3. The van der Waals surface area contributed by atoms with Gasteiger partial charge in [0.2, 0.25) is 0 Å². The predicted octanol–water partition coefficient (Wildman–Crippen LogP) is 9.49. The first-order chi connectivity index (χ1) is 37.2. The van der Waals surface area contributed by atoms with Crippen molar-refractivity contribution in [3.63, 3.8) is 0 Å². The number of Topliss-reactive ketones (excluding diaryl/α,β-unsaturated/α-hetero) is 1. The minimum absolute atomic E-state index is 0.0766. The van der Waals surface area contributed by atoms with Crippen LogP contribution in [0.2, 0.25) is 18.1 Å². The van der Waals surface area contributed by atoms with Gasteiger partial charge in [-0.25, -0.2) is 14.4 Å². The van der Waals surface area contributed by atoms with E-state index in [4.69, 9.17) is 37.6 Å². The maximum Gasteiger partial charge on any atom is 0.408 e. The number of carbonyl (C=O) groups is 6. The minimum atomic E-state index is -2.66. The molecule has 416 valence electrons. The Hall–Kier alpha value is -6.50. The van der Waals surface area contributed by atoms with E-state index in [0.717, 1.165) is 5.56 Å². The molecule has 4 aliphatic rings. The molecule has 0 aromatic heterocycles. The minimum Gasteiger partial charge on any atom is -0.456 e. The predicted molar refractivity (Wildman–Crippen MR) is 289 cm³/mol. The Morgan fingerprint density at radius 3 is 1.86 bits per heavy atom. The molecule has 0 unspecified atom stereocenters. The number of fused-ring (bicyclic) bond motifs is 5. The van der Waals surface area contributed by atoms with Crippen LogP contribution in [0.3, 0.4) is 0 Å². The van der Waals surface area contributed by atoms with Gasteiger partial charge in [-0.05, 0) is 71.9 Å². The van der Waals surface area contributed by atoms with Crippen LogP contribution in [-0.2, 0) is 70.0 Å². The number of ketones is 1. The summed E-state index contributed by atoms with van der Waals surface area (Å²) in [6.45, 7) is 14.8. The number of rotatable bonds is 19. The molecule has 3 fully saturated rings. The highest BCUT2D eigenvalue weighted by Gasteiger charge is 2.79. The molecular formula is C61H73NO15Si. The number of carbonyl (C=O) groups excluding carboxylic acids is 6. The second kappa shape index (κ2) is 23.5. The van der Waals surface area contributed by atoms with E-state index in [-0.39, 0.29) is 43.0 Å². The van der Waals surface area contributed by atoms with Crippen LogP contribution in [0, 0.1) is 16.7 Å². The number of nitrogens with one attached hydrogen (secondary N) is 1. The lowest BCUT2D eigenvalue weighted by Gasteiger charge is -2.68. The van der Waals surface area contributed by atoms with Crippen molar-refractivity contribution in [1.82, 2.24) is 5.32 Å². The molecule has 4 aromatic rings. The highest BCUT2D eigenvalue weighted by Crippen LogP contribution is 2.65. The topological polar surface area (TPSA) is 209 Å². The Kier molecular flexibility index (Phi) is 17.3. The molecule has 2 saturated carbocycles. The summed E-state index contributed by atoms with van der Waals surface area (Å²) in [6, 6.07) is 35.9. The molecular weight excluding hydrogens is 1010 g/mol. The Bertz CT molecular complexity index is 2840. The fourth-order valence-electron chi connectivity index (χ4n) is 12.6. The van der Waals surface area contributed by atoms with Crippen LogP contribution >= 0.6 is 0 Å². The van der Waals surface area contributed by atoms with Crippen molar-refractivity contribution >= 4 is 44.1 Å². The van der Waals surface area contributed by atoms with E-state index in [1.165, 1.54) is 13.8 Å². The Balaban J connectivity index is 1.31. The van der Waals surface area contributed by atoms with Crippen molar-refractivity contribution in [3.05, 3.63) is 155 Å². The second-order valence-electron chi connectivity index (χ2n) is 21.8. The molecule has 11 atom stereocenters. The molecule has 3 aliphatic carbocycles. The summed E-state index contributed by atoms with van der Waals surface area (Å²) in [6.07, 6.45) is -9.68. The molecule has 1 amide bonds. The maximum atomic E-state index is 16.6. The lowest BCUT2D eigenvalue weighted by Crippen LogP contribution is -2.82. The van der Waals surface area contributed by atoms with Gasteiger partial charge < -0.3 is 48.0 Å². The van der Waals surface area contributed by atoms with Crippen LogP contribution < -0.4 is 5.32 Å². The summed E-state index contributed by atoms with van der Waals surface area (Å²) >= 11 is 0. The van der Waals surface area contributed by atoms with Gasteiger partial charge >= 0.3 is 30.0 Å². The zero-order valence-corrected chi connectivity index (χ0v) is 47.0. The molecule has 2 bridgehead atoms. The van der Waals surface area contributed by atoms with Crippen molar-refractivity contribution in [2.45, 2.75) is 160 Å². The van der Waals surface area contributed by atoms with Gasteiger partial charge in [-0.2, -0.15) is 0 Å². The first kappa shape index (κ1) is 57.7. The van der Waals surface area contributed by atoms with Crippen LogP contribution in [0.15, 0.2) is 132 Å². The number of amides is 1. The zero-order valence-electron chi connectivity index (χ0n) is 46.0. The van der Waals surface area contributed by atoms with E-state index in [9.17, 15) is 24.3 Å². The summed E-state index contributed by atoms with van der Waals surface area (Å²) in [7, 11) is -2.66. The normalized spacial score (nSPS) is 27.9. The summed E-state index contributed by atoms with van der Waals surface area (Å²) in [5.41, 5.74) is -5.17. The molecule has 17 heteroatoms. The van der Waals surface area contributed by atoms with Crippen LogP contribution in [-0.4, -0.2) is 104 Å². The van der Waals surface area contributed by atoms with Crippen molar-refractivity contribution in [3.8, 4) is 0 Å². The number of hydrogen-bond acceptors (Lipinski definition) is 15. The van der Waals surface area contributed by atoms with E-state index < -0.39 is 121 Å². The molecule has 2 N–H and O–H groups in total. The van der Waals surface area contributed by atoms with Gasteiger partial charge in [0.05, 0.1) is 42.3 Å². The molecule has 4 aromatic carbocycles.